The molecule has 29 heavy (non-hydrogen) atoms. The summed E-state index contributed by atoms with van der Waals surface area (Å²) >= 11 is 1.30. The number of hydrogen-bond acceptors (Lipinski definition) is 6. The Morgan fingerprint density at radius 2 is 2.03 bits per heavy atom. The van der Waals surface area contributed by atoms with Gasteiger partial charge in [-0.2, -0.15) is 5.10 Å². The number of rotatable bonds is 4. The minimum absolute atomic E-state index is 0.194. The van der Waals surface area contributed by atoms with Gasteiger partial charge in [-0.05, 0) is 31.6 Å². The average molecular weight is 408 g/mol. The number of methoxy groups -OCH3 is 1. The van der Waals surface area contributed by atoms with E-state index < -0.39 is 12.0 Å². The number of aromatic nitrogens is 3. The Balaban J connectivity index is 1.98. The Labute approximate surface area is 170 Å². The molecule has 0 amide bonds. The van der Waals surface area contributed by atoms with E-state index in [1.54, 1.807) is 17.7 Å². The number of carbonyl (C=O) groups excluding carboxylic acids is 1. The van der Waals surface area contributed by atoms with E-state index in [0.717, 1.165) is 11.3 Å². The molecule has 0 saturated heterocycles. The predicted octanol–water partition coefficient (Wildman–Crippen LogP) is 1.62. The number of esters is 1. The molecule has 0 fully saturated rings. The number of aryl methyl sites for hydroxylation is 1. The van der Waals surface area contributed by atoms with Gasteiger partial charge in [0.05, 0.1) is 34.6 Å². The number of carbonyl (C=O) groups is 1. The number of nitrogens with zero attached hydrogens (tertiary/aromatic N) is 4. The van der Waals surface area contributed by atoms with E-state index in [-0.39, 0.29) is 5.56 Å². The molecule has 0 saturated carbocycles. The molecule has 0 radical (unpaired) electrons. The summed E-state index contributed by atoms with van der Waals surface area (Å²) in [5.74, 6) is -0.488. The first-order chi connectivity index (χ1) is 14.0. The first-order valence-electron chi connectivity index (χ1n) is 9.22. The third-order valence-corrected chi connectivity index (χ3v) is 5.85. The van der Waals surface area contributed by atoms with Gasteiger partial charge in [0.25, 0.3) is 5.56 Å². The molecule has 3 aromatic rings. The summed E-state index contributed by atoms with van der Waals surface area (Å²) in [7, 11) is 1.34. The van der Waals surface area contributed by atoms with Gasteiger partial charge in [0.1, 0.15) is 0 Å². The zero-order chi connectivity index (χ0) is 20.5. The average Bonchev–Trinajstić information content (AvgIpc) is 3.31. The highest BCUT2D eigenvalue weighted by Crippen LogP contribution is 2.30. The van der Waals surface area contributed by atoms with Crippen LogP contribution in [0.4, 0.5) is 0 Å². The number of thiazole rings is 1. The van der Waals surface area contributed by atoms with Gasteiger partial charge in [-0.15, -0.1) is 0 Å². The van der Waals surface area contributed by atoms with Crippen LogP contribution in [0.2, 0.25) is 0 Å². The minimum atomic E-state index is -0.585. The van der Waals surface area contributed by atoms with Gasteiger partial charge in [0.2, 0.25) is 0 Å². The van der Waals surface area contributed by atoms with Crippen LogP contribution >= 0.6 is 11.3 Å². The van der Waals surface area contributed by atoms with Gasteiger partial charge < -0.3 is 4.74 Å². The maximum atomic E-state index is 13.4. The van der Waals surface area contributed by atoms with Crippen molar-refractivity contribution in [1.29, 1.82) is 0 Å². The van der Waals surface area contributed by atoms with Crippen molar-refractivity contribution in [1.82, 2.24) is 14.3 Å². The zero-order valence-corrected chi connectivity index (χ0v) is 17.1. The molecule has 1 unspecified atom stereocenters. The van der Waals surface area contributed by atoms with Gasteiger partial charge in [-0.1, -0.05) is 41.7 Å². The molecule has 0 N–H and O–H groups in total. The number of fused-ring (bicyclic) bond motifs is 1. The normalized spacial score (nSPS) is 16.5. The second-order valence-corrected chi connectivity index (χ2v) is 7.57. The molecule has 7 nitrogen and oxygen atoms in total. The Morgan fingerprint density at radius 3 is 2.72 bits per heavy atom. The van der Waals surface area contributed by atoms with Gasteiger partial charge in [0, 0.05) is 12.7 Å². The summed E-state index contributed by atoms with van der Waals surface area (Å²) < 4.78 is 8.94. The number of allylic oxidation sites excluding steroid dienone is 1. The summed E-state index contributed by atoms with van der Waals surface area (Å²) in [5.41, 5.74) is 2.40. The standard InChI is InChI=1S/C21H20N4O3S/c1-4-24-15(10-11-22-24)12-16-19(26)25-18(14-8-6-5-7-9-14)17(20(27)28-3)13(2)23-21(25)29-16/h5-12,18H,4H2,1-3H3/b16-12+. The van der Waals surface area contributed by atoms with E-state index in [2.05, 4.69) is 10.1 Å². The topological polar surface area (TPSA) is 78.5 Å². The van der Waals surface area contributed by atoms with Crippen LogP contribution in [0.1, 0.15) is 31.1 Å². The van der Waals surface area contributed by atoms with Crippen molar-refractivity contribution >= 4 is 23.4 Å². The van der Waals surface area contributed by atoms with Crippen LogP contribution in [-0.4, -0.2) is 27.4 Å². The summed E-state index contributed by atoms with van der Waals surface area (Å²) in [5, 5.41) is 4.25. The third-order valence-electron chi connectivity index (χ3n) is 4.87. The van der Waals surface area contributed by atoms with Crippen molar-refractivity contribution < 1.29 is 9.53 Å². The zero-order valence-electron chi connectivity index (χ0n) is 16.3. The fourth-order valence-electron chi connectivity index (χ4n) is 3.51. The lowest BCUT2D eigenvalue weighted by Gasteiger charge is -2.24. The van der Waals surface area contributed by atoms with Crippen LogP contribution < -0.4 is 14.9 Å². The van der Waals surface area contributed by atoms with Crippen molar-refractivity contribution in [2.75, 3.05) is 7.11 Å². The Morgan fingerprint density at radius 1 is 1.28 bits per heavy atom. The van der Waals surface area contributed by atoms with Crippen molar-refractivity contribution in [3.8, 4) is 0 Å². The number of benzene rings is 1. The van der Waals surface area contributed by atoms with Crippen LogP contribution in [0, 0.1) is 0 Å². The summed E-state index contributed by atoms with van der Waals surface area (Å²) in [6, 6.07) is 10.7. The maximum absolute atomic E-state index is 13.4. The lowest BCUT2D eigenvalue weighted by atomic mass is 9.96. The van der Waals surface area contributed by atoms with E-state index >= 15 is 0 Å². The quantitative estimate of drug-likeness (QED) is 0.615. The second kappa shape index (κ2) is 7.63. The van der Waals surface area contributed by atoms with Crippen LogP contribution in [0.25, 0.3) is 6.08 Å². The molecule has 0 spiro atoms. The molecule has 3 heterocycles. The Kier molecular flexibility index (Phi) is 5.02. The second-order valence-electron chi connectivity index (χ2n) is 6.56. The number of ether oxygens (including phenoxy) is 1. The van der Waals surface area contributed by atoms with Crippen LogP contribution in [0.3, 0.4) is 0 Å². The minimum Gasteiger partial charge on any atom is -0.466 e. The molecule has 1 aliphatic heterocycles. The maximum Gasteiger partial charge on any atom is 0.338 e. The van der Waals surface area contributed by atoms with Crippen LogP contribution in [0.5, 0.6) is 0 Å². The molecular formula is C21H20N4O3S. The molecule has 1 aromatic carbocycles. The Hall–Kier alpha value is -3.26. The molecule has 1 atom stereocenters. The lowest BCUT2D eigenvalue weighted by Crippen LogP contribution is -2.39. The number of hydrogen-bond donors (Lipinski definition) is 0. The fourth-order valence-corrected chi connectivity index (χ4v) is 4.54. The first kappa shape index (κ1) is 19.1. The molecule has 148 valence electrons. The molecular weight excluding hydrogens is 388 g/mol. The van der Waals surface area contributed by atoms with E-state index in [1.807, 2.05) is 54.1 Å². The largest absolute Gasteiger partial charge is 0.466 e. The highest BCUT2D eigenvalue weighted by Gasteiger charge is 2.32. The summed E-state index contributed by atoms with van der Waals surface area (Å²) in [6.07, 6.45) is 3.53. The predicted molar refractivity (Wildman–Crippen MR) is 110 cm³/mol. The van der Waals surface area contributed by atoms with Crippen molar-refractivity contribution in [3.05, 3.63) is 84.8 Å². The van der Waals surface area contributed by atoms with Crippen LogP contribution in [0.15, 0.2) is 63.7 Å². The van der Waals surface area contributed by atoms with Crippen molar-refractivity contribution in [2.24, 2.45) is 4.99 Å². The first-order valence-corrected chi connectivity index (χ1v) is 10.0. The molecule has 8 heteroatoms. The molecule has 4 rings (SSSR count). The van der Waals surface area contributed by atoms with Gasteiger partial charge in [0.15, 0.2) is 4.80 Å². The van der Waals surface area contributed by atoms with Crippen LogP contribution in [-0.2, 0) is 16.1 Å². The van der Waals surface area contributed by atoms with E-state index in [1.165, 1.54) is 18.4 Å². The lowest BCUT2D eigenvalue weighted by molar-refractivity contribution is -0.136. The fraction of sp³-hybridized carbons (Fsp3) is 0.238. The van der Waals surface area contributed by atoms with E-state index in [0.29, 0.717) is 27.1 Å². The van der Waals surface area contributed by atoms with Crippen molar-refractivity contribution in [2.45, 2.75) is 26.4 Å². The molecule has 2 aromatic heterocycles. The molecule has 0 bridgehead atoms. The highest BCUT2D eigenvalue weighted by atomic mass is 32.1. The Bertz CT molecular complexity index is 1280. The van der Waals surface area contributed by atoms with Crippen molar-refractivity contribution in [3.63, 3.8) is 0 Å². The highest BCUT2D eigenvalue weighted by molar-refractivity contribution is 7.07. The van der Waals surface area contributed by atoms with Gasteiger partial charge >= 0.3 is 5.97 Å². The molecule has 1 aliphatic rings. The smallest absolute Gasteiger partial charge is 0.338 e. The third kappa shape index (κ3) is 3.25. The SMILES string of the molecule is CCn1nccc1/C=c1/sc2n(c1=O)C(c1ccccc1)C(C(=O)OC)=C(C)N=2. The van der Waals surface area contributed by atoms with E-state index in [4.69, 9.17) is 4.74 Å². The monoisotopic (exact) mass is 408 g/mol. The van der Waals surface area contributed by atoms with Gasteiger partial charge in [-0.25, -0.2) is 9.79 Å². The van der Waals surface area contributed by atoms with E-state index in [9.17, 15) is 9.59 Å². The summed E-state index contributed by atoms with van der Waals surface area (Å²) in [6.45, 7) is 4.47. The summed E-state index contributed by atoms with van der Waals surface area (Å²) in [4.78, 5) is 31.0. The van der Waals surface area contributed by atoms with Gasteiger partial charge in [-0.3, -0.25) is 14.0 Å². The molecule has 0 aliphatic carbocycles.